The maximum atomic E-state index is 6.16. The van der Waals surface area contributed by atoms with Crippen molar-refractivity contribution in [3.05, 3.63) is 44.4 Å². The van der Waals surface area contributed by atoms with E-state index in [0.29, 0.717) is 0 Å². The van der Waals surface area contributed by atoms with Crippen LogP contribution in [0.1, 0.15) is 38.9 Å². The Hall–Kier alpha value is -0.120. The fourth-order valence-corrected chi connectivity index (χ4v) is 2.71. The monoisotopic (exact) mass is 358 g/mol. The summed E-state index contributed by atoms with van der Waals surface area (Å²) < 4.78 is 8.44. The molecule has 17 heavy (non-hydrogen) atoms. The first-order valence-electron chi connectivity index (χ1n) is 5.69. The fourth-order valence-electron chi connectivity index (χ4n) is 2.19. The molecule has 1 nitrogen and oxygen atoms in total. The Labute approximate surface area is 120 Å². The van der Waals surface area contributed by atoms with E-state index in [1.54, 1.807) is 0 Å². The Morgan fingerprint density at radius 2 is 1.76 bits per heavy atom. The van der Waals surface area contributed by atoms with E-state index in [-0.39, 0.29) is 11.7 Å². The fraction of sp³-hybridized carbons (Fsp3) is 0.429. The molecular weight excluding hydrogens is 344 g/mol. The van der Waals surface area contributed by atoms with Gasteiger partial charge in [0.1, 0.15) is 0 Å². The van der Waals surface area contributed by atoms with Gasteiger partial charge in [0, 0.05) is 8.96 Å². The smallest absolute Gasteiger partial charge is 0.0947 e. The molecule has 0 spiro atoms. The van der Waals surface area contributed by atoms with Gasteiger partial charge in [-0.25, -0.2) is 0 Å². The largest absolute Gasteiger partial charge is 0.362 e. The lowest BCUT2D eigenvalue weighted by molar-refractivity contribution is -0.0551. The van der Waals surface area contributed by atoms with Gasteiger partial charge in [0.05, 0.1) is 11.7 Å². The van der Waals surface area contributed by atoms with Gasteiger partial charge in [-0.15, -0.1) is 0 Å². The van der Waals surface area contributed by atoms with Crippen molar-refractivity contribution in [2.24, 2.45) is 0 Å². The molecule has 1 heterocycles. The first-order chi connectivity index (χ1) is 7.90. The zero-order valence-corrected chi connectivity index (χ0v) is 13.4. The molecule has 0 aromatic heterocycles. The van der Waals surface area contributed by atoms with Crippen LogP contribution in [-0.4, -0.2) is 5.60 Å². The van der Waals surface area contributed by atoms with Crippen LogP contribution in [0.5, 0.6) is 0 Å². The van der Waals surface area contributed by atoms with Gasteiger partial charge in [-0.05, 0) is 44.9 Å². The van der Waals surface area contributed by atoms with Crippen LogP contribution in [0, 0.1) is 0 Å². The van der Waals surface area contributed by atoms with Crippen molar-refractivity contribution in [1.82, 2.24) is 0 Å². The van der Waals surface area contributed by atoms with Crippen LogP contribution in [0.4, 0.5) is 0 Å². The Bertz CT molecular complexity index is 446. The van der Waals surface area contributed by atoms with Gasteiger partial charge in [0.2, 0.25) is 0 Å². The molecule has 0 saturated carbocycles. The van der Waals surface area contributed by atoms with Gasteiger partial charge in [-0.3, -0.25) is 0 Å². The predicted octanol–water partition coefficient (Wildman–Crippen LogP) is 5.36. The third-order valence-electron chi connectivity index (χ3n) is 3.07. The molecule has 0 amide bonds. The highest BCUT2D eigenvalue weighted by Gasteiger charge is 2.33. The number of hydrogen-bond donors (Lipinski definition) is 0. The van der Waals surface area contributed by atoms with Crippen molar-refractivity contribution >= 4 is 31.9 Å². The van der Waals surface area contributed by atoms with E-state index >= 15 is 0 Å². The second kappa shape index (κ2) is 4.87. The van der Waals surface area contributed by atoms with Gasteiger partial charge >= 0.3 is 0 Å². The summed E-state index contributed by atoms with van der Waals surface area (Å²) in [4.78, 5) is 0. The van der Waals surface area contributed by atoms with Crippen molar-refractivity contribution in [2.75, 3.05) is 0 Å². The van der Waals surface area contributed by atoms with Crippen LogP contribution in [0.3, 0.4) is 0 Å². The Balaban J connectivity index is 2.29. The average molecular weight is 360 g/mol. The van der Waals surface area contributed by atoms with E-state index in [9.17, 15) is 0 Å². The van der Waals surface area contributed by atoms with Gasteiger partial charge in [0.25, 0.3) is 0 Å². The van der Waals surface area contributed by atoms with Crippen molar-refractivity contribution in [1.29, 1.82) is 0 Å². The van der Waals surface area contributed by atoms with E-state index in [0.717, 1.165) is 10.9 Å². The summed E-state index contributed by atoms with van der Waals surface area (Å²) >= 11 is 7.09. The van der Waals surface area contributed by atoms with Crippen molar-refractivity contribution < 1.29 is 4.74 Å². The van der Waals surface area contributed by atoms with Crippen molar-refractivity contribution in [2.45, 2.75) is 38.9 Å². The first-order valence-corrected chi connectivity index (χ1v) is 7.28. The molecule has 0 radical (unpaired) electrons. The summed E-state index contributed by atoms with van der Waals surface area (Å²) in [6.45, 7) is 6.37. The normalized spacial score (nSPS) is 23.9. The molecule has 1 atom stereocenters. The number of ether oxygens (including phenoxy) is 1. The average Bonchev–Trinajstić information content (AvgIpc) is 2.26. The number of rotatable bonds is 1. The highest BCUT2D eigenvalue weighted by Crippen LogP contribution is 2.43. The first kappa shape index (κ1) is 13.3. The van der Waals surface area contributed by atoms with Gasteiger partial charge in [-0.1, -0.05) is 49.6 Å². The number of benzene rings is 1. The Morgan fingerprint density at radius 1 is 1.18 bits per heavy atom. The molecule has 0 aliphatic carbocycles. The molecule has 0 bridgehead atoms. The quantitative estimate of drug-likeness (QED) is 0.655. The maximum absolute atomic E-state index is 6.16. The molecule has 0 N–H and O–H groups in total. The molecule has 0 saturated heterocycles. The highest BCUT2D eigenvalue weighted by atomic mass is 79.9. The highest BCUT2D eigenvalue weighted by molar-refractivity contribution is 9.11. The van der Waals surface area contributed by atoms with Crippen LogP contribution < -0.4 is 0 Å². The molecule has 1 unspecified atom stereocenters. The van der Waals surface area contributed by atoms with Crippen LogP contribution in [0.25, 0.3) is 0 Å². The lowest BCUT2D eigenvalue weighted by Crippen LogP contribution is -2.32. The van der Waals surface area contributed by atoms with Gasteiger partial charge in [-0.2, -0.15) is 0 Å². The maximum Gasteiger partial charge on any atom is 0.0947 e. The van der Waals surface area contributed by atoms with Crippen LogP contribution in [-0.2, 0) is 4.74 Å². The minimum absolute atomic E-state index is 0.152. The number of halogens is 2. The molecule has 3 heteroatoms. The molecule has 0 fully saturated rings. The minimum Gasteiger partial charge on any atom is -0.362 e. The van der Waals surface area contributed by atoms with E-state index in [1.807, 2.05) is 0 Å². The van der Waals surface area contributed by atoms with E-state index in [1.165, 1.54) is 15.6 Å². The Morgan fingerprint density at radius 3 is 2.29 bits per heavy atom. The molecule has 1 aromatic rings. The number of hydrogen-bond acceptors (Lipinski definition) is 1. The molecule has 1 aromatic carbocycles. The topological polar surface area (TPSA) is 9.23 Å². The third kappa shape index (κ3) is 2.83. The van der Waals surface area contributed by atoms with Gasteiger partial charge < -0.3 is 4.74 Å². The minimum atomic E-state index is -0.236. The molecular formula is C14H16Br2O. The van der Waals surface area contributed by atoms with E-state index in [2.05, 4.69) is 76.9 Å². The molecule has 92 valence electrons. The van der Waals surface area contributed by atoms with Crippen LogP contribution in [0.2, 0.25) is 0 Å². The summed E-state index contributed by atoms with van der Waals surface area (Å²) in [6.07, 6.45) is 1.10. The predicted molar refractivity (Wildman–Crippen MR) is 78.3 cm³/mol. The molecule has 1 aliphatic heterocycles. The summed E-state index contributed by atoms with van der Waals surface area (Å²) in [5.74, 6) is 0. The Kier molecular flexibility index (Phi) is 3.81. The summed E-state index contributed by atoms with van der Waals surface area (Å²) in [6, 6.07) is 8.37. The molecule has 2 rings (SSSR count). The molecule has 1 aliphatic rings. The van der Waals surface area contributed by atoms with Gasteiger partial charge in [0.15, 0.2) is 0 Å². The summed E-state index contributed by atoms with van der Waals surface area (Å²) in [5, 5.41) is 0. The second-order valence-electron chi connectivity index (χ2n) is 4.97. The van der Waals surface area contributed by atoms with Crippen molar-refractivity contribution in [3.8, 4) is 0 Å². The zero-order valence-electron chi connectivity index (χ0n) is 10.3. The van der Waals surface area contributed by atoms with Crippen molar-refractivity contribution in [3.63, 3.8) is 0 Å². The third-order valence-corrected chi connectivity index (χ3v) is 5.23. The van der Waals surface area contributed by atoms with E-state index in [4.69, 9.17) is 4.74 Å². The zero-order chi connectivity index (χ0) is 12.6. The standard InChI is InChI=1S/C14H16Br2O/c1-9-8-12(17-14(2,3)13(9)16)10-4-6-11(15)7-5-10/h4-7,12H,8H2,1-3H3. The SMILES string of the molecule is CC1=C(Br)C(C)(C)OC(c2ccc(Br)cc2)C1. The summed E-state index contributed by atoms with van der Waals surface area (Å²) in [5.41, 5.74) is 2.37. The lowest BCUT2D eigenvalue weighted by Gasteiger charge is -2.37. The second-order valence-corrected chi connectivity index (χ2v) is 6.68. The van der Waals surface area contributed by atoms with E-state index < -0.39 is 0 Å². The van der Waals surface area contributed by atoms with Crippen LogP contribution in [0.15, 0.2) is 38.8 Å². The van der Waals surface area contributed by atoms with Crippen LogP contribution >= 0.6 is 31.9 Å². The summed E-state index contributed by atoms with van der Waals surface area (Å²) in [7, 11) is 0. The lowest BCUT2D eigenvalue weighted by atomic mass is 9.93.